The van der Waals surface area contributed by atoms with Crippen LogP contribution in [-0.4, -0.2) is 27.6 Å². The van der Waals surface area contributed by atoms with Crippen molar-refractivity contribution in [3.05, 3.63) is 108 Å². The summed E-state index contributed by atoms with van der Waals surface area (Å²) in [5.74, 6) is -0.327. The first kappa shape index (κ1) is 22.7. The van der Waals surface area contributed by atoms with Crippen molar-refractivity contribution in [3.63, 3.8) is 0 Å². The quantitative estimate of drug-likeness (QED) is 0.333. The summed E-state index contributed by atoms with van der Waals surface area (Å²) >= 11 is 6.61. The third-order valence-corrected chi connectivity index (χ3v) is 6.44. The highest BCUT2D eigenvalue weighted by Gasteiger charge is 2.31. The lowest BCUT2D eigenvalue weighted by molar-refractivity contribution is -0.122. The van der Waals surface area contributed by atoms with Gasteiger partial charge in [-0.25, -0.2) is 0 Å². The van der Waals surface area contributed by atoms with Gasteiger partial charge in [-0.1, -0.05) is 109 Å². The summed E-state index contributed by atoms with van der Waals surface area (Å²) in [7, 11) is 0. The Hall–Kier alpha value is -3.48. The van der Waals surface area contributed by atoms with Crippen LogP contribution in [0.3, 0.4) is 0 Å². The number of anilines is 1. The minimum absolute atomic E-state index is 0.163. The summed E-state index contributed by atoms with van der Waals surface area (Å²) < 4.78 is 0.472. The van der Waals surface area contributed by atoms with E-state index in [4.69, 9.17) is 12.2 Å². The number of hydrogen-bond acceptors (Lipinski definition) is 4. The lowest BCUT2D eigenvalue weighted by Crippen LogP contribution is -2.31. The van der Waals surface area contributed by atoms with Gasteiger partial charge >= 0.3 is 0 Å². The molecule has 0 spiro atoms. The Morgan fingerprint density at radius 2 is 1.55 bits per heavy atom. The van der Waals surface area contributed by atoms with Gasteiger partial charge in [0.05, 0.1) is 4.91 Å². The molecule has 1 N–H and O–H groups in total. The summed E-state index contributed by atoms with van der Waals surface area (Å²) in [5, 5.41) is 2.89. The first-order valence-corrected chi connectivity index (χ1v) is 11.7. The molecule has 33 heavy (non-hydrogen) atoms. The van der Waals surface area contributed by atoms with E-state index in [1.54, 1.807) is 6.08 Å². The molecule has 1 fully saturated rings. The largest absolute Gasteiger partial charge is 0.326 e. The summed E-state index contributed by atoms with van der Waals surface area (Å²) in [5.41, 5.74) is 3.98. The van der Waals surface area contributed by atoms with E-state index in [1.165, 1.54) is 16.7 Å². The van der Waals surface area contributed by atoms with Gasteiger partial charge in [0.1, 0.15) is 4.32 Å². The number of carbonyl (C=O) groups is 2. The molecule has 2 amide bonds. The molecule has 1 heterocycles. The SMILES string of the molecule is O=C(CCN1C(=O)C(=CC=Cc2ccccc2)SC1=S)Nc1ccc(-c2ccccc2)cc1. The normalized spacial score (nSPS) is 14.9. The molecular formula is C27H22N2O2S2. The molecule has 0 atom stereocenters. The second-order valence-electron chi connectivity index (χ2n) is 7.37. The Morgan fingerprint density at radius 3 is 2.24 bits per heavy atom. The second-order valence-corrected chi connectivity index (χ2v) is 9.04. The molecule has 4 nitrogen and oxygen atoms in total. The van der Waals surface area contributed by atoms with Crippen molar-refractivity contribution in [2.24, 2.45) is 0 Å². The van der Waals surface area contributed by atoms with Crippen LogP contribution < -0.4 is 5.32 Å². The maximum Gasteiger partial charge on any atom is 0.266 e. The van der Waals surface area contributed by atoms with Gasteiger partial charge in [0, 0.05) is 18.7 Å². The average molecular weight is 471 g/mol. The number of thioether (sulfide) groups is 1. The van der Waals surface area contributed by atoms with E-state index >= 15 is 0 Å². The van der Waals surface area contributed by atoms with Crippen LogP contribution in [0.5, 0.6) is 0 Å². The van der Waals surface area contributed by atoms with E-state index in [0.717, 1.165) is 22.4 Å². The fraction of sp³-hybridized carbons (Fsp3) is 0.0741. The summed E-state index contributed by atoms with van der Waals surface area (Å²) in [6, 6.07) is 27.6. The lowest BCUT2D eigenvalue weighted by atomic mass is 10.1. The van der Waals surface area contributed by atoms with Crippen molar-refractivity contribution in [1.82, 2.24) is 4.90 Å². The maximum atomic E-state index is 12.7. The van der Waals surface area contributed by atoms with Crippen LogP contribution in [0.1, 0.15) is 12.0 Å². The van der Waals surface area contributed by atoms with Gasteiger partial charge in [-0.05, 0) is 34.9 Å². The predicted octanol–water partition coefficient (Wildman–Crippen LogP) is 6.14. The topological polar surface area (TPSA) is 49.4 Å². The van der Waals surface area contributed by atoms with Crippen LogP contribution in [-0.2, 0) is 9.59 Å². The molecule has 0 aromatic heterocycles. The van der Waals surface area contributed by atoms with Crippen molar-refractivity contribution in [2.45, 2.75) is 6.42 Å². The number of thiocarbonyl (C=S) groups is 1. The van der Waals surface area contributed by atoms with Gasteiger partial charge in [-0.2, -0.15) is 0 Å². The van der Waals surface area contributed by atoms with E-state index in [1.807, 2.05) is 97.1 Å². The molecule has 0 saturated carbocycles. The Bertz CT molecular complexity index is 1200. The number of amides is 2. The molecule has 0 radical (unpaired) electrons. The van der Waals surface area contributed by atoms with Gasteiger partial charge in [0.25, 0.3) is 5.91 Å². The number of rotatable bonds is 7. The zero-order valence-electron chi connectivity index (χ0n) is 17.8. The molecule has 1 saturated heterocycles. The molecule has 0 aliphatic carbocycles. The molecule has 0 unspecified atom stereocenters. The van der Waals surface area contributed by atoms with Crippen LogP contribution in [0.4, 0.5) is 5.69 Å². The van der Waals surface area contributed by atoms with Crippen LogP contribution in [0.15, 0.2) is 102 Å². The number of nitrogens with zero attached hydrogens (tertiary/aromatic N) is 1. The fourth-order valence-corrected chi connectivity index (χ4v) is 4.59. The number of nitrogens with one attached hydrogen (secondary N) is 1. The molecular weight excluding hydrogens is 448 g/mol. The van der Waals surface area contributed by atoms with E-state index in [-0.39, 0.29) is 24.8 Å². The molecule has 4 rings (SSSR count). The predicted molar refractivity (Wildman–Crippen MR) is 141 cm³/mol. The lowest BCUT2D eigenvalue weighted by Gasteiger charge is -2.14. The van der Waals surface area contributed by atoms with Crippen LogP contribution >= 0.6 is 24.0 Å². The monoisotopic (exact) mass is 470 g/mol. The van der Waals surface area contributed by atoms with E-state index < -0.39 is 0 Å². The van der Waals surface area contributed by atoms with Crippen molar-refractivity contribution in [2.75, 3.05) is 11.9 Å². The van der Waals surface area contributed by atoms with Gasteiger partial charge in [-0.15, -0.1) is 0 Å². The number of benzene rings is 3. The van der Waals surface area contributed by atoms with Gasteiger partial charge in [0.15, 0.2) is 0 Å². The van der Waals surface area contributed by atoms with Gasteiger partial charge in [0.2, 0.25) is 5.91 Å². The standard InChI is InChI=1S/C27H22N2O2S2/c30-25(28-23-16-14-22(15-17-23)21-11-5-2-6-12-21)18-19-29-26(31)24(33-27(29)32)13-7-10-20-8-3-1-4-9-20/h1-17H,18-19H2,(H,28,30). The highest BCUT2D eigenvalue weighted by atomic mass is 32.2. The Balaban J connectivity index is 1.30. The number of allylic oxidation sites excluding steroid dienone is 2. The number of hydrogen-bond donors (Lipinski definition) is 1. The minimum atomic E-state index is -0.164. The smallest absolute Gasteiger partial charge is 0.266 e. The summed E-state index contributed by atoms with van der Waals surface area (Å²) in [6.45, 7) is 0.248. The van der Waals surface area contributed by atoms with Crippen LogP contribution in [0.25, 0.3) is 17.2 Å². The third kappa shape index (κ3) is 6.06. The first-order chi connectivity index (χ1) is 16.1. The Kier molecular flexibility index (Phi) is 7.50. The number of carbonyl (C=O) groups excluding carboxylic acids is 2. The van der Waals surface area contributed by atoms with E-state index in [0.29, 0.717) is 9.23 Å². The maximum absolute atomic E-state index is 12.7. The van der Waals surface area contributed by atoms with Crippen molar-refractivity contribution >= 4 is 51.9 Å². The third-order valence-electron chi connectivity index (χ3n) is 5.05. The van der Waals surface area contributed by atoms with Gasteiger partial charge < -0.3 is 5.32 Å². The second kappa shape index (κ2) is 10.9. The zero-order valence-corrected chi connectivity index (χ0v) is 19.4. The highest BCUT2D eigenvalue weighted by Crippen LogP contribution is 2.31. The zero-order chi connectivity index (χ0) is 23.0. The minimum Gasteiger partial charge on any atom is -0.326 e. The van der Waals surface area contributed by atoms with Gasteiger partial charge in [-0.3, -0.25) is 14.5 Å². The Morgan fingerprint density at radius 1 is 0.909 bits per heavy atom. The molecule has 0 bridgehead atoms. The van der Waals surface area contributed by atoms with E-state index in [2.05, 4.69) is 5.32 Å². The van der Waals surface area contributed by atoms with Crippen molar-refractivity contribution < 1.29 is 9.59 Å². The van der Waals surface area contributed by atoms with Crippen LogP contribution in [0.2, 0.25) is 0 Å². The average Bonchev–Trinajstić information content (AvgIpc) is 3.11. The molecule has 6 heteroatoms. The summed E-state index contributed by atoms with van der Waals surface area (Å²) in [6.07, 6.45) is 5.71. The Labute approximate surface area is 203 Å². The molecule has 1 aliphatic rings. The highest BCUT2D eigenvalue weighted by molar-refractivity contribution is 8.26. The molecule has 3 aromatic carbocycles. The molecule has 3 aromatic rings. The molecule has 164 valence electrons. The summed E-state index contributed by atoms with van der Waals surface area (Å²) in [4.78, 5) is 27.2. The van der Waals surface area contributed by atoms with Crippen LogP contribution in [0, 0.1) is 0 Å². The van der Waals surface area contributed by atoms with Crippen molar-refractivity contribution in [3.8, 4) is 11.1 Å². The fourth-order valence-electron chi connectivity index (χ4n) is 3.33. The van der Waals surface area contributed by atoms with Crippen molar-refractivity contribution in [1.29, 1.82) is 0 Å². The first-order valence-electron chi connectivity index (χ1n) is 10.5. The van der Waals surface area contributed by atoms with E-state index in [9.17, 15) is 9.59 Å². The molecule has 1 aliphatic heterocycles.